The van der Waals surface area contributed by atoms with Crippen molar-refractivity contribution in [1.29, 1.82) is 0 Å². The van der Waals surface area contributed by atoms with Crippen LogP contribution in [0.3, 0.4) is 0 Å². The molecule has 3 heterocycles. The van der Waals surface area contributed by atoms with Gasteiger partial charge in [-0.3, -0.25) is 0 Å². The first kappa shape index (κ1) is 22.9. The maximum atomic E-state index is 2.48. The van der Waals surface area contributed by atoms with E-state index >= 15 is 0 Å². The summed E-state index contributed by atoms with van der Waals surface area (Å²) in [7, 11) is 0. The third kappa shape index (κ3) is 2.95. The van der Waals surface area contributed by atoms with Crippen molar-refractivity contribution in [3.8, 4) is 33.6 Å². The van der Waals surface area contributed by atoms with Crippen molar-refractivity contribution in [2.75, 3.05) is 0 Å². The van der Waals surface area contributed by atoms with Gasteiger partial charge in [-0.25, -0.2) is 0 Å². The van der Waals surface area contributed by atoms with E-state index < -0.39 is 0 Å². The largest absolute Gasteiger partial charge is 0.218 e. The second-order valence-corrected chi connectivity index (χ2v) is 11.1. The van der Waals surface area contributed by atoms with Crippen molar-refractivity contribution < 1.29 is 9.13 Å². The van der Waals surface area contributed by atoms with E-state index in [0.717, 1.165) is 0 Å². The third-order valence-corrected chi connectivity index (χ3v) is 9.13. The predicted octanol–water partition coefficient (Wildman–Crippen LogP) is 7.42. The van der Waals surface area contributed by atoms with E-state index in [2.05, 4.69) is 158 Å². The van der Waals surface area contributed by atoms with Crippen LogP contribution in [0.1, 0.15) is 30.5 Å². The number of allylic oxidation sites excluding steroid dienone is 2. The number of benzene rings is 3. The standard InChI is InChI=1S/C36H32N2/c1-25-13-5-7-15-28(25)27-20-21-32(29-16-8-6-14-26(29)2)37(24-27)34-23-35(3)36(34,4)31-18-10-9-17-30(31)33-19-11-12-22-38(33)35/h5-24H,1-4H3/q+2. The summed E-state index contributed by atoms with van der Waals surface area (Å²) in [5, 5.41) is 0. The monoisotopic (exact) mass is 492 g/mol. The number of aromatic nitrogens is 2. The van der Waals surface area contributed by atoms with Crippen LogP contribution in [-0.2, 0) is 11.0 Å². The SMILES string of the molecule is Cc1ccccc1-c1ccc(-c2ccccc2C)[n+](C2=CC3(C)[n+]4ccccc4-c4ccccc4C23C)c1. The molecule has 7 rings (SSSR count). The molecule has 38 heavy (non-hydrogen) atoms. The van der Waals surface area contributed by atoms with E-state index in [0.29, 0.717) is 0 Å². The minimum absolute atomic E-state index is 0.179. The molecule has 2 unspecified atom stereocenters. The van der Waals surface area contributed by atoms with E-state index in [9.17, 15) is 0 Å². The Morgan fingerprint density at radius 2 is 1.21 bits per heavy atom. The smallest absolute Gasteiger partial charge is 0.188 e. The molecular formula is C36H32N2+2. The maximum Gasteiger partial charge on any atom is 0.218 e. The van der Waals surface area contributed by atoms with Crippen molar-refractivity contribution in [3.63, 3.8) is 0 Å². The van der Waals surface area contributed by atoms with Crippen LogP contribution < -0.4 is 9.13 Å². The third-order valence-electron chi connectivity index (χ3n) is 9.13. The molecule has 1 aliphatic heterocycles. The van der Waals surface area contributed by atoms with Crippen molar-refractivity contribution in [1.82, 2.24) is 0 Å². The van der Waals surface area contributed by atoms with Gasteiger partial charge < -0.3 is 0 Å². The summed E-state index contributed by atoms with van der Waals surface area (Å²) in [4.78, 5) is 0. The zero-order valence-corrected chi connectivity index (χ0v) is 22.4. The molecule has 0 spiro atoms. The molecule has 2 atom stereocenters. The molecule has 0 saturated carbocycles. The summed E-state index contributed by atoms with van der Waals surface area (Å²) in [6, 6.07) is 37.5. The van der Waals surface area contributed by atoms with E-state index in [1.807, 2.05) is 0 Å². The van der Waals surface area contributed by atoms with Gasteiger partial charge in [0.05, 0.1) is 11.6 Å². The quantitative estimate of drug-likeness (QED) is 0.232. The van der Waals surface area contributed by atoms with Crippen LogP contribution in [0.25, 0.3) is 39.3 Å². The highest BCUT2D eigenvalue weighted by atomic mass is 15.1. The second kappa shape index (κ2) is 8.10. The Morgan fingerprint density at radius 1 is 0.579 bits per heavy atom. The van der Waals surface area contributed by atoms with Gasteiger partial charge in [0.15, 0.2) is 12.4 Å². The Morgan fingerprint density at radius 3 is 1.95 bits per heavy atom. The topological polar surface area (TPSA) is 7.76 Å². The summed E-state index contributed by atoms with van der Waals surface area (Å²) in [5.41, 5.74) is 12.5. The lowest BCUT2D eigenvalue weighted by Crippen LogP contribution is -2.74. The number of fused-ring (bicyclic) bond motifs is 6. The first-order chi connectivity index (χ1) is 18.4. The van der Waals surface area contributed by atoms with Crippen LogP contribution in [0.15, 0.2) is 122 Å². The summed E-state index contributed by atoms with van der Waals surface area (Å²) >= 11 is 0. The molecule has 2 heteroatoms. The molecule has 0 saturated heterocycles. The predicted molar refractivity (Wildman–Crippen MR) is 154 cm³/mol. The van der Waals surface area contributed by atoms with Crippen LogP contribution in [0.4, 0.5) is 0 Å². The summed E-state index contributed by atoms with van der Waals surface area (Å²) in [5.74, 6) is 0. The molecule has 2 aliphatic rings. The van der Waals surface area contributed by atoms with Crippen LogP contribution in [0, 0.1) is 13.8 Å². The van der Waals surface area contributed by atoms with Gasteiger partial charge in [0.1, 0.15) is 5.41 Å². The number of nitrogens with zero attached hydrogens (tertiary/aromatic N) is 2. The Labute approximate surface area is 225 Å². The van der Waals surface area contributed by atoms with E-state index in [4.69, 9.17) is 0 Å². The van der Waals surface area contributed by atoms with Gasteiger partial charge in [-0.2, -0.15) is 9.13 Å². The van der Waals surface area contributed by atoms with Crippen LogP contribution in [0.2, 0.25) is 0 Å². The zero-order chi connectivity index (χ0) is 26.1. The number of hydrogen-bond donors (Lipinski definition) is 0. The van der Waals surface area contributed by atoms with E-state index in [-0.39, 0.29) is 11.0 Å². The van der Waals surface area contributed by atoms with Crippen molar-refractivity contribution >= 4 is 5.70 Å². The number of rotatable bonds is 3. The Kier molecular flexibility index (Phi) is 4.87. The average molecular weight is 493 g/mol. The lowest BCUT2D eigenvalue weighted by Gasteiger charge is -2.49. The molecule has 184 valence electrons. The van der Waals surface area contributed by atoms with Crippen molar-refractivity contribution in [3.05, 3.63) is 138 Å². The van der Waals surface area contributed by atoms with Crippen molar-refractivity contribution in [2.45, 2.75) is 38.6 Å². The molecule has 3 aromatic carbocycles. The Hall–Kier alpha value is -4.30. The van der Waals surface area contributed by atoms with Gasteiger partial charge in [0.25, 0.3) is 0 Å². The molecule has 5 aromatic rings. The van der Waals surface area contributed by atoms with Gasteiger partial charge in [0.2, 0.25) is 22.6 Å². The minimum Gasteiger partial charge on any atom is -0.188 e. The lowest BCUT2D eigenvalue weighted by atomic mass is 9.54. The van der Waals surface area contributed by atoms with Gasteiger partial charge in [0, 0.05) is 36.2 Å². The molecule has 1 aliphatic carbocycles. The lowest BCUT2D eigenvalue weighted by molar-refractivity contribution is -0.760. The molecule has 0 N–H and O–H groups in total. The Bertz CT molecular complexity index is 1780. The molecule has 2 nitrogen and oxygen atoms in total. The van der Waals surface area contributed by atoms with Gasteiger partial charge in [-0.1, -0.05) is 60.7 Å². The number of pyridine rings is 2. The molecule has 2 aromatic heterocycles. The van der Waals surface area contributed by atoms with Gasteiger partial charge in [-0.05, 0) is 67.3 Å². The first-order valence-corrected chi connectivity index (χ1v) is 13.5. The van der Waals surface area contributed by atoms with E-state index in [1.54, 1.807) is 0 Å². The average Bonchev–Trinajstić information content (AvgIpc) is 2.95. The normalized spacial score (nSPS) is 21.0. The zero-order valence-electron chi connectivity index (χ0n) is 22.4. The summed E-state index contributed by atoms with van der Waals surface area (Å²) < 4.78 is 4.94. The highest BCUT2D eigenvalue weighted by Gasteiger charge is 2.70. The second-order valence-electron chi connectivity index (χ2n) is 11.1. The van der Waals surface area contributed by atoms with E-state index in [1.165, 1.54) is 56.0 Å². The molecule has 0 bridgehead atoms. The van der Waals surface area contributed by atoms with Crippen LogP contribution in [-0.4, -0.2) is 0 Å². The van der Waals surface area contributed by atoms with Gasteiger partial charge >= 0.3 is 0 Å². The molecule has 0 amide bonds. The fourth-order valence-corrected chi connectivity index (χ4v) is 6.81. The molecule has 0 radical (unpaired) electrons. The van der Waals surface area contributed by atoms with Crippen LogP contribution in [0.5, 0.6) is 0 Å². The summed E-state index contributed by atoms with van der Waals surface area (Å²) in [6.07, 6.45) is 7.08. The fraction of sp³-hybridized carbons (Fsp3) is 0.167. The molecular weight excluding hydrogens is 460 g/mol. The Balaban J connectivity index is 1.53. The molecule has 0 fully saturated rings. The highest BCUT2D eigenvalue weighted by molar-refractivity contribution is 5.78. The highest BCUT2D eigenvalue weighted by Crippen LogP contribution is 2.57. The maximum absolute atomic E-state index is 2.48. The van der Waals surface area contributed by atoms with Crippen molar-refractivity contribution in [2.24, 2.45) is 0 Å². The first-order valence-electron chi connectivity index (χ1n) is 13.5. The van der Waals surface area contributed by atoms with Gasteiger partial charge in [-0.15, -0.1) is 0 Å². The van der Waals surface area contributed by atoms with Crippen LogP contribution >= 0.6 is 0 Å². The summed E-state index contributed by atoms with van der Waals surface area (Å²) in [6.45, 7) is 9.22. The number of aryl methyl sites for hydroxylation is 2. The number of hydrogen-bond acceptors (Lipinski definition) is 0. The minimum atomic E-state index is -0.213. The fourth-order valence-electron chi connectivity index (χ4n) is 6.81.